The Balaban J connectivity index is -0.0000000197. The number of nitrogens with zero attached hydrogens (tertiary/aromatic N) is 5. The topological polar surface area (TPSA) is 317 Å². The first kappa shape index (κ1) is 49.6. The Hall–Kier alpha value is 0.909. The van der Waals surface area contributed by atoms with E-state index in [0.717, 1.165) is 0 Å². The van der Waals surface area contributed by atoms with Crippen LogP contribution in [0.2, 0.25) is 0 Å². The van der Waals surface area contributed by atoms with E-state index < -0.39 is 25.4 Å². The molecule has 0 fully saturated rings. The van der Waals surface area contributed by atoms with Crippen LogP contribution < -0.4 is 0 Å². The summed E-state index contributed by atoms with van der Waals surface area (Å²) in [5, 5.41) is 68.2. The molecule has 0 heterocycles. The van der Waals surface area contributed by atoms with Crippen molar-refractivity contribution in [3.05, 3.63) is 50.6 Å². The third-order valence-electron chi connectivity index (χ3n) is 0. The molecule has 0 aromatic carbocycles. The molecule has 0 aliphatic heterocycles. The Kier molecular flexibility index (Phi) is 93.7. The number of hydrogen-bond donors (Lipinski definition) is 5. The summed E-state index contributed by atoms with van der Waals surface area (Å²) in [6.07, 6.45) is 0. The van der Waals surface area contributed by atoms with Gasteiger partial charge >= 0.3 is 154 Å². The monoisotopic (exact) mass is 435 g/mol. The molecule has 0 aliphatic carbocycles. The van der Waals surface area contributed by atoms with Crippen LogP contribution in [-0.2, 0) is 0 Å². The van der Waals surface area contributed by atoms with E-state index >= 15 is 0 Å². The predicted molar refractivity (Wildman–Crippen MR) is 65.4 cm³/mol. The molecule has 0 aliphatic rings. The second kappa shape index (κ2) is 43.4. The molecule has 5 N–H and O–H groups in total. The summed E-state index contributed by atoms with van der Waals surface area (Å²) in [6, 6.07) is 0. The van der Waals surface area contributed by atoms with Gasteiger partial charge in [-0.1, -0.05) is 0 Å². The van der Waals surface area contributed by atoms with E-state index in [0.29, 0.717) is 0 Å². The van der Waals surface area contributed by atoms with Gasteiger partial charge in [0.2, 0.25) is 0 Å². The number of hydrogen-bond acceptors (Lipinski definition) is 10. The summed E-state index contributed by atoms with van der Waals surface area (Å²) in [7, 11) is 0. The van der Waals surface area contributed by atoms with Crippen molar-refractivity contribution < 1.29 is 51.5 Å². The summed E-state index contributed by atoms with van der Waals surface area (Å²) in [5.74, 6) is 0. The molecule has 23 heteroatoms. The van der Waals surface area contributed by atoms with E-state index in [2.05, 4.69) is 0 Å². The molecule has 0 radical (unpaired) electrons. The first-order valence-corrected chi connectivity index (χ1v) is 2.83. The van der Waals surface area contributed by atoms with Crippen LogP contribution in [-0.4, -0.2) is 206 Å². The summed E-state index contributed by atoms with van der Waals surface area (Å²) in [6.45, 7) is 0. The van der Waals surface area contributed by atoms with E-state index in [1.54, 1.807) is 0 Å². The van der Waals surface area contributed by atoms with Crippen LogP contribution in [0, 0.1) is 50.6 Å². The van der Waals surface area contributed by atoms with E-state index in [1.165, 1.54) is 0 Å². The Morgan fingerprint density at radius 1 is 0.391 bits per heavy atom. The third kappa shape index (κ3) is 12100. The molecular weight excluding hydrogens is 427 g/mol. The van der Waals surface area contributed by atoms with Gasteiger partial charge in [-0.3, -0.25) is 0 Å². The fourth-order valence-electron chi connectivity index (χ4n) is 0. The Labute approximate surface area is 250 Å². The van der Waals surface area contributed by atoms with Crippen LogP contribution in [0.1, 0.15) is 0 Å². The standard InChI is InChI=1S/3K.5HNO3.3H/c;;;5*2-1(3)4;;;/h;;;5*(H,2,3,4);;;. The average molecular weight is 435 g/mol. The Morgan fingerprint density at radius 3 is 0.391 bits per heavy atom. The van der Waals surface area contributed by atoms with Gasteiger partial charge < -0.3 is 26.0 Å². The van der Waals surface area contributed by atoms with Crippen LogP contribution in [0.3, 0.4) is 0 Å². The molecule has 126 valence electrons. The minimum absolute atomic E-state index is 0. The van der Waals surface area contributed by atoms with Crippen LogP contribution in [0.15, 0.2) is 0 Å². The maximum atomic E-state index is 8.36. The number of rotatable bonds is 0. The second-order valence-electron chi connectivity index (χ2n) is 1.19. The zero-order chi connectivity index (χ0) is 17.9. The van der Waals surface area contributed by atoms with Crippen molar-refractivity contribution in [1.29, 1.82) is 0 Å². The normalized spacial score (nSPS) is 5.22. The average Bonchev–Trinajstić information content (AvgIpc) is 1.94. The van der Waals surface area contributed by atoms with Crippen LogP contribution in [0.4, 0.5) is 0 Å². The molecule has 0 bridgehead atoms. The van der Waals surface area contributed by atoms with Crippen molar-refractivity contribution in [1.82, 2.24) is 0 Å². The van der Waals surface area contributed by atoms with Crippen LogP contribution >= 0.6 is 0 Å². The molecule has 0 amide bonds. The van der Waals surface area contributed by atoms with Crippen molar-refractivity contribution in [2.24, 2.45) is 0 Å². The Morgan fingerprint density at radius 2 is 0.391 bits per heavy atom. The third-order valence-corrected chi connectivity index (χ3v) is 0. The SMILES string of the molecule is O=[N+]([O-])O.O=[N+]([O-])O.O=[N+]([O-])O.O=[N+]([O-])O.O=[N+]([O-])O.[KH].[KH].[KH]. The predicted octanol–water partition coefficient (Wildman–Crippen LogP) is -3.68. The quantitative estimate of drug-likeness (QED) is 0.139. The van der Waals surface area contributed by atoms with Crippen molar-refractivity contribution >= 4 is 154 Å². The van der Waals surface area contributed by atoms with E-state index in [9.17, 15) is 0 Å². The molecule has 0 aromatic heterocycles. The van der Waals surface area contributed by atoms with Crippen molar-refractivity contribution in [2.45, 2.75) is 0 Å². The molecule has 0 spiro atoms. The van der Waals surface area contributed by atoms with Crippen molar-refractivity contribution in [3.8, 4) is 0 Å². The van der Waals surface area contributed by atoms with Crippen LogP contribution in [0.5, 0.6) is 0 Å². The first-order valence-electron chi connectivity index (χ1n) is 2.83. The van der Waals surface area contributed by atoms with Crippen molar-refractivity contribution in [3.63, 3.8) is 0 Å². The molecule has 0 saturated carbocycles. The van der Waals surface area contributed by atoms with Crippen molar-refractivity contribution in [2.75, 3.05) is 0 Å². The van der Waals surface area contributed by atoms with Gasteiger partial charge in [0, 0.05) is 0 Å². The summed E-state index contributed by atoms with van der Waals surface area (Å²) in [4.78, 5) is 41.8. The summed E-state index contributed by atoms with van der Waals surface area (Å²) >= 11 is 0. The van der Waals surface area contributed by atoms with Gasteiger partial charge in [0.15, 0.2) is 0 Å². The van der Waals surface area contributed by atoms with Crippen LogP contribution in [0.25, 0.3) is 0 Å². The van der Waals surface area contributed by atoms with Gasteiger partial charge in [-0.15, -0.1) is 50.6 Å². The van der Waals surface area contributed by atoms with Gasteiger partial charge in [-0.25, -0.2) is 0 Å². The zero-order valence-electron chi connectivity index (χ0n) is 8.55. The second-order valence-corrected chi connectivity index (χ2v) is 1.19. The van der Waals surface area contributed by atoms with E-state index in [1.807, 2.05) is 0 Å². The summed E-state index contributed by atoms with van der Waals surface area (Å²) < 4.78 is 0. The van der Waals surface area contributed by atoms with E-state index in [4.69, 9.17) is 76.6 Å². The molecule has 0 saturated heterocycles. The van der Waals surface area contributed by atoms with Gasteiger partial charge in [-0.05, 0) is 0 Å². The minimum atomic E-state index is -1.50. The molecular formula is H8K3N5O15. The molecule has 0 aromatic rings. The fourth-order valence-corrected chi connectivity index (χ4v) is 0. The molecule has 0 atom stereocenters. The van der Waals surface area contributed by atoms with E-state index in [-0.39, 0.29) is 154 Å². The fraction of sp³-hybridized carbons (Fsp3) is 0. The van der Waals surface area contributed by atoms with Gasteiger partial charge in [0.05, 0.1) is 0 Å². The zero-order valence-corrected chi connectivity index (χ0v) is 8.55. The van der Waals surface area contributed by atoms with Gasteiger partial charge in [0.25, 0.3) is 25.4 Å². The van der Waals surface area contributed by atoms with Gasteiger partial charge in [-0.2, -0.15) is 0 Å². The molecule has 20 nitrogen and oxygen atoms in total. The Bertz CT molecular complexity index is 214. The molecule has 0 unspecified atom stereocenters. The molecule has 0 rings (SSSR count). The summed E-state index contributed by atoms with van der Waals surface area (Å²) in [5.41, 5.74) is 0. The van der Waals surface area contributed by atoms with Gasteiger partial charge in [0.1, 0.15) is 0 Å². The molecule has 23 heavy (non-hydrogen) atoms. The maximum absolute atomic E-state index is 8.36. The first-order chi connectivity index (χ1) is 8.66.